The smallest absolute Gasteiger partial charge is 0.337 e. The molecule has 0 saturated heterocycles. The minimum atomic E-state index is -0.322. The summed E-state index contributed by atoms with van der Waals surface area (Å²) < 4.78 is 9.80. The molecule has 104 valence electrons. The lowest BCUT2D eigenvalue weighted by Gasteiger charge is -2.19. The summed E-state index contributed by atoms with van der Waals surface area (Å²) in [6.07, 6.45) is 0.908. The third-order valence-corrected chi connectivity index (χ3v) is 3.71. The van der Waals surface area contributed by atoms with E-state index < -0.39 is 0 Å². The molecule has 0 aromatic heterocycles. The standard InChI is InChI=1S/C13H17BrN2O3/c1-18-7-3-6-16-11-8-9(13(17)19-2)4-5-10(11)12(14)15-16/h4-5,8,12,15H,3,6-7H2,1-2H3. The third kappa shape index (κ3) is 3.08. The highest BCUT2D eigenvalue weighted by atomic mass is 79.9. The zero-order valence-corrected chi connectivity index (χ0v) is 12.6. The van der Waals surface area contributed by atoms with E-state index >= 15 is 0 Å². The highest BCUT2D eigenvalue weighted by Gasteiger charge is 2.26. The highest BCUT2D eigenvalue weighted by molar-refractivity contribution is 9.09. The highest BCUT2D eigenvalue weighted by Crippen LogP contribution is 2.36. The monoisotopic (exact) mass is 328 g/mol. The Bertz CT molecular complexity index is 467. The minimum Gasteiger partial charge on any atom is -0.465 e. The molecule has 1 unspecified atom stereocenters. The largest absolute Gasteiger partial charge is 0.465 e. The van der Waals surface area contributed by atoms with E-state index in [0.717, 1.165) is 24.2 Å². The molecule has 1 aliphatic rings. The summed E-state index contributed by atoms with van der Waals surface area (Å²) in [7, 11) is 3.07. The van der Waals surface area contributed by atoms with E-state index in [1.807, 2.05) is 17.1 Å². The van der Waals surface area contributed by atoms with Gasteiger partial charge in [-0.1, -0.05) is 22.0 Å². The molecule has 0 aliphatic carbocycles. The predicted molar refractivity (Wildman–Crippen MR) is 76.4 cm³/mol. The quantitative estimate of drug-likeness (QED) is 0.389. The van der Waals surface area contributed by atoms with Crippen LogP contribution in [0.1, 0.15) is 27.3 Å². The van der Waals surface area contributed by atoms with Gasteiger partial charge in [-0.05, 0) is 18.6 Å². The number of benzene rings is 1. The van der Waals surface area contributed by atoms with E-state index in [9.17, 15) is 4.79 Å². The van der Waals surface area contributed by atoms with Crippen LogP contribution in [-0.2, 0) is 9.47 Å². The fourth-order valence-electron chi connectivity index (χ4n) is 2.06. The Morgan fingerprint density at radius 3 is 2.95 bits per heavy atom. The molecule has 0 saturated carbocycles. The molecule has 0 spiro atoms. The van der Waals surface area contributed by atoms with Crippen LogP contribution >= 0.6 is 15.9 Å². The molecule has 0 bridgehead atoms. The zero-order chi connectivity index (χ0) is 13.8. The summed E-state index contributed by atoms with van der Waals surface area (Å²) in [4.78, 5) is 11.6. The van der Waals surface area contributed by atoms with E-state index in [2.05, 4.69) is 21.4 Å². The van der Waals surface area contributed by atoms with Crippen LogP contribution in [-0.4, -0.2) is 33.3 Å². The first-order valence-electron chi connectivity index (χ1n) is 6.06. The Hall–Kier alpha value is -1.11. The fraction of sp³-hybridized carbons (Fsp3) is 0.462. The first-order chi connectivity index (χ1) is 9.17. The molecular formula is C13H17BrN2O3. The number of carbonyl (C=O) groups excluding carboxylic acids is 1. The zero-order valence-electron chi connectivity index (χ0n) is 11.0. The van der Waals surface area contributed by atoms with Crippen molar-refractivity contribution in [3.8, 4) is 0 Å². The topological polar surface area (TPSA) is 50.8 Å². The molecule has 1 atom stereocenters. The first kappa shape index (κ1) is 14.3. The molecule has 19 heavy (non-hydrogen) atoms. The number of hydrogen-bond donors (Lipinski definition) is 1. The Labute approximate surface area is 121 Å². The number of carbonyl (C=O) groups is 1. The Balaban J connectivity index is 2.19. The molecule has 1 aromatic rings. The molecule has 0 amide bonds. The van der Waals surface area contributed by atoms with Crippen LogP contribution in [0.4, 0.5) is 5.69 Å². The van der Waals surface area contributed by atoms with Crippen molar-refractivity contribution in [2.45, 2.75) is 11.4 Å². The van der Waals surface area contributed by atoms with Gasteiger partial charge in [0.15, 0.2) is 0 Å². The maximum atomic E-state index is 11.6. The number of halogens is 1. The number of anilines is 1. The molecular weight excluding hydrogens is 312 g/mol. The summed E-state index contributed by atoms with van der Waals surface area (Å²) in [5.74, 6) is -0.322. The van der Waals surface area contributed by atoms with Crippen molar-refractivity contribution in [2.75, 3.05) is 32.4 Å². The molecule has 1 aliphatic heterocycles. The minimum absolute atomic E-state index is 0.0664. The fourth-order valence-corrected chi connectivity index (χ4v) is 2.70. The van der Waals surface area contributed by atoms with Crippen molar-refractivity contribution >= 4 is 27.6 Å². The number of rotatable bonds is 5. The number of nitrogens with one attached hydrogen (secondary N) is 1. The number of nitrogens with zero attached hydrogens (tertiary/aromatic N) is 1. The Morgan fingerprint density at radius 1 is 1.47 bits per heavy atom. The average Bonchev–Trinajstić information content (AvgIpc) is 2.74. The van der Waals surface area contributed by atoms with E-state index in [1.54, 1.807) is 13.2 Å². The third-order valence-electron chi connectivity index (χ3n) is 3.01. The van der Waals surface area contributed by atoms with Crippen molar-refractivity contribution in [3.63, 3.8) is 0 Å². The molecule has 0 fully saturated rings. The van der Waals surface area contributed by atoms with Crippen molar-refractivity contribution in [2.24, 2.45) is 0 Å². The van der Waals surface area contributed by atoms with Crippen LogP contribution in [0.2, 0.25) is 0 Å². The second-order valence-corrected chi connectivity index (χ2v) is 5.17. The van der Waals surface area contributed by atoms with Gasteiger partial charge >= 0.3 is 5.97 Å². The molecule has 2 rings (SSSR count). The molecule has 5 nitrogen and oxygen atoms in total. The predicted octanol–water partition coefficient (Wildman–Crippen LogP) is 2.23. The van der Waals surface area contributed by atoms with Gasteiger partial charge in [-0.25, -0.2) is 10.2 Å². The normalized spacial score (nSPS) is 17.4. The number of fused-ring (bicyclic) bond motifs is 1. The van der Waals surface area contributed by atoms with Crippen LogP contribution in [0, 0.1) is 0 Å². The van der Waals surface area contributed by atoms with E-state index in [0.29, 0.717) is 12.2 Å². The Morgan fingerprint density at radius 2 is 2.26 bits per heavy atom. The van der Waals surface area contributed by atoms with Gasteiger partial charge in [0, 0.05) is 25.8 Å². The number of esters is 1. The van der Waals surface area contributed by atoms with Gasteiger partial charge in [-0.2, -0.15) is 0 Å². The molecule has 1 N–H and O–H groups in total. The summed E-state index contributed by atoms with van der Waals surface area (Å²) >= 11 is 3.56. The van der Waals surface area contributed by atoms with E-state index in [-0.39, 0.29) is 10.9 Å². The summed E-state index contributed by atoms with van der Waals surface area (Å²) in [5, 5.41) is 2.03. The number of hydrogen-bond acceptors (Lipinski definition) is 5. The maximum Gasteiger partial charge on any atom is 0.337 e. The first-order valence-corrected chi connectivity index (χ1v) is 6.98. The molecule has 1 heterocycles. The van der Waals surface area contributed by atoms with Crippen LogP contribution in [0.25, 0.3) is 0 Å². The Kier molecular flexibility index (Phi) is 4.79. The molecule has 0 radical (unpaired) electrons. The van der Waals surface area contributed by atoms with Crippen LogP contribution in [0.5, 0.6) is 0 Å². The van der Waals surface area contributed by atoms with Gasteiger partial charge in [-0.15, -0.1) is 0 Å². The van der Waals surface area contributed by atoms with Crippen molar-refractivity contribution in [1.82, 2.24) is 5.43 Å². The SMILES string of the molecule is COCCCN1NC(Br)c2ccc(C(=O)OC)cc21. The average molecular weight is 329 g/mol. The van der Waals surface area contributed by atoms with E-state index in [4.69, 9.17) is 9.47 Å². The number of ether oxygens (including phenoxy) is 2. The number of hydrazine groups is 1. The van der Waals surface area contributed by atoms with E-state index in [1.165, 1.54) is 7.11 Å². The summed E-state index contributed by atoms with van der Waals surface area (Å²) in [5.41, 5.74) is 5.98. The summed E-state index contributed by atoms with van der Waals surface area (Å²) in [6.45, 7) is 1.52. The van der Waals surface area contributed by atoms with Crippen molar-refractivity contribution in [3.05, 3.63) is 29.3 Å². The second-order valence-electron chi connectivity index (χ2n) is 4.25. The van der Waals surface area contributed by atoms with Gasteiger partial charge < -0.3 is 14.5 Å². The van der Waals surface area contributed by atoms with Gasteiger partial charge in [-0.3, -0.25) is 0 Å². The van der Waals surface area contributed by atoms with Crippen LogP contribution in [0.3, 0.4) is 0 Å². The van der Waals surface area contributed by atoms with Crippen molar-refractivity contribution < 1.29 is 14.3 Å². The maximum absolute atomic E-state index is 11.6. The lowest BCUT2D eigenvalue weighted by atomic mass is 10.1. The molecule has 1 aromatic carbocycles. The second kappa shape index (κ2) is 6.36. The van der Waals surface area contributed by atoms with Gasteiger partial charge in [0.25, 0.3) is 0 Å². The van der Waals surface area contributed by atoms with Gasteiger partial charge in [0.2, 0.25) is 0 Å². The summed E-state index contributed by atoms with van der Waals surface area (Å²) in [6, 6.07) is 5.56. The number of methoxy groups -OCH3 is 2. The van der Waals surface area contributed by atoms with Crippen LogP contribution < -0.4 is 10.4 Å². The van der Waals surface area contributed by atoms with Gasteiger partial charge in [0.05, 0.1) is 18.4 Å². The van der Waals surface area contributed by atoms with Crippen molar-refractivity contribution in [1.29, 1.82) is 0 Å². The number of alkyl halides is 1. The lowest BCUT2D eigenvalue weighted by molar-refractivity contribution is 0.0601. The lowest BCUT2D eigenvalue weighted by Crippen LogP contribution is -2.34. The van der Waals surface area contributed by atoms with Gasteiger partial charge in [0.1, 0.15) is 4.95 Å². The molecule has 6 heteroatoms. The van der Waals surface area contributed by atoms with Crippen LogP contribution in [0.15, 0.2) is 18.2 Å².